The third-order valence-corrected chi connectivity index (χ3v) is 4.71. The summed E-state index contributed by atoms with van der Waals surface area (Å²) in [5.74, 6) is -0.774. The van der Waals surface area contributed by atoms with Gasteiger partial charge in [-0.3, -0.25) is 9.59 Å². The lowest BCUT2D eigenvalue weighted by atomic mass is 10.0. The molecule has 1 aliphatic heterocycles. The maximum atomic E-state index is 13.2. The van der Waals surface area contributed by atoms with Crippen LogP contribution in [0.2, 0.25) is 0 Å². The number of hydrogen-bond acceptors (Lipinski definition) is 2. The smallest absolute Gasteiger partial charge is 0.267 e. The van der Waals surface area contributed by atoms with Crippen LogP contribution in [0, 0.1) is 0 Å². The van der Waals surface area contributed by atoms with E-state index in [4.69, 9.17) is 11.6 Å². The lowest BCUT2D eigenvalue weighted by Gasteiger charge is -2.15. The fourth-order valence-corrected chi connectivity index (χ4v) is 3.38. The van der Waals surface area contributed by atoms with E-state index in [-0.39, 0.29) is 5.91 Å². The van der Waals surface area contributed by atoms with Gasteiger partial charge in [0.05, 0.1) is 16.3 Å². The molecule has 0 aliphatic carbocycles. The van der Waals surface area contributed by atoms with E-state index in [9.17, 15) is 9.59 Å². The average Bonchev–Trinajstić information content (AvgIpc) is 3.00. The number of benzene rings is 3. The van der Waals surface area contributed by atoms with E-state index >= 15 is 0 Å². The second kappa shape index (κ2) is 6.62. The van der Waals surface area contributed by atoms with Crippen molar-refractivity contribution in [3.63, 3.8) is 0 Å². The Balaban J connectivity index is 1.88. The second-order valence-electron chi connectivity index (χ2n) is 5.88. The normalized spacial score (nSPS) is 15.0. The molecule has 0 N–H and O–H groups in total. The van der Waals surface area contributed by atoms with Gasteiger partial charge in [0.1, 0.15) is 0 Å². The van der Waals surface area contributed by atoms with Gasteiger partial charge in [-0.25, -0.2) is 4.90 Å². The molecule has 1 heterocycles. The van der Waals surface area contributed by atoms with Crippen LogP contribution in [0.25, 0.3) is 10.6 Å². The molecule has 0 radical (unpaired) electrons. The number of fused-ring (bicyclic) bond motifs is 1. The number of rotatable bonds is 2. The first kappa shape index (κ1) is 16.3. The first-order valence-corrected chi connectivity index (χ1v) is 8.54. The van der Waals surface area contributed by atoms with Crippen molar-refractivity contribution < 1.29 is 9.59 Å². The van der Waals surface area contributed by atoms with Gasteiger partial charge in [-0.15, -0.1) is 0 Å². The van der Waals surface area contributed by atoms with Crippen molar-refractivity contribution in [2.45, 2.75) is 0 Å². The SMILES string of the molecule is O=C1/C(=C(/Cl)c2ccccc2)c2ccccc2N1C(=O)c1ccccc1. The van der Waals surface area contributed by atoms with Crippen LogP contribution in [0.4, 0.5) is 5.69 Å². The summed E-state index contributed by atoms with van der Waals surface area (Å²) in [6, 6.07) is 25.2. The Hall–Kier alpha value is -3.17. The quantitative estimate of drug-likeness (QED) is 0.478. The molecule has 0 unspecified atom stereocenters. The van der Waals surface area contributed by atoms with Gasteiger partial charge in [0.2, 0.25) is 0 Å². The largest absolute Gasteiger partial charge is 0.268 e. The van der Waals surface area contributed by atoms with Crippen LogP contribution in [0.15, 0.2) is 84.9 Å². The Bertz CT molecular complexity index is 1030. The van der Waals surface area contributed by atoms with Crippen molar-refractivity contribution in [2.24, 2.45) is 0 Å². The predicted octanol–water partition coefficient (Wildman–Crippen LogP) is 4.98. The van der Waals surface area contributed by atoms with Gasteiger partial charge in [-0.05, 0) is 23.8 Å². The maximum absolute atomic E-state index is 13.2. The number of hydrogen-bond donors (Lipinski definition) is 0. The molecule has 0 atom stereocenters. The number of carbonyl (C=O) groups excluding carboxylic acids is 2. The topological polar surface area (TPSA) is 37.4 Å². The molecule has 1 aliphatic rings. The van der Waals surface area contributed by atoms with Crippen LogP contribution in [0.3, 0.4) is 0 Å². The molecule has 26 heavy (non-hydrogen) atoms. The van der Waals surface area contributed by atoms with E-state index in [2.05, 4.69) is 0 Å². The number of para-hydroxylation sites is 1. The van der Waals surface area contributed by atoms with Crippen LogP contribution in [0.1, 0.15) is 21.5 Å². The van der Waals surface area contributed by atoms with Crippen molar-refractivity contribution >= 4 is 39.7 Å². The van der Waals surface area contributed by atoms with Gasteiger partial charge < -0.3 is 0 Å². The van der Waals surface area contributed by atoms with Crippen LogP contribution in [-0.4, -0.2) is 11.8 Å². The van der Waals surface area contributed by atoms with Gasteiger partial charge >= 0.3 is 0 Å². The van der Waals surface area contributed by atoms with Crippen molar-refractivity contribution in [3.8, 4) is 0 Å². The van der Waals surface area contributed by atoms with E-state index < -0.39 is 5.91 Å². The van der Waals surface area contributed by atoms with Crippen LogP contribution < -0.4 is 4.90 Å². The summed E-state index contributed by atoms with van der Waals surface area (Å²) >= 11 is 6.57. The van der Waals surface area contributed by atoms with Crippen LogP contribution in [0.5, 0.6) is 0 Å². The summed E-state index contributed by atoms with van der Waals surface area (Å²) in [6.07, 6.45) is 0. The highest BCUT2D eigenvalue weighted by molar-refractivity contribution is 6.60. The van der Waals surface area contributed by atoms with Crippen LogP contribution >= 0.6 is 11.6 Å². The Kier molecular flexibility index (Phi) is 4.15. The molecule has 4 rings (SSSR count). The number of carbonyl (C=O) groups is 2. The number of nitrogens with zero attached hydrogens (tertiary/aromatic N) is 1. The van der Waals surface area contributed by atoms with E-state index in [1.54, 1.807) is 36.4 Å². The molecule has 0 spiro atoms. The minimum Gasteiger partial charge on any atom is -0.268 e. The van der Waals surface area contributed by atoms with Crippen molar-refractivity contribution in [1.82, 2.24) is 0 Å². The van der Waals surface area contributed by atoms with E-state index in [1.165, 1.54) is 4.90 Å². The number of imide groups is 1. The Morgan fingerprint density at radius 1 is 0.731 bits per heavy atom. The minimum atomic E-state index is -0.408. The van der Waals surface area contributed by atoms with Gasteiger partial charge in [-0.2, -0.15) is 0 Å². The third kappa shape index (κ3) is 2.63. The molecular weight excluding hydrogens is 346 g/mol. The molecule has 3 aromatic rings. The lowest BCUT2D eigenvalue weighted by molar-refractivity contribution is -0.112. The summed E-state index contributed by atoms with van der Waals surface area (Å²) in [4.78, 5) is 27.3. The summed E-state index contributed by atoms with van der Waals surface area (Å²) in [5, 5.41) is 0.339. The fourth-order valence-electron chi connectivity index (χ4n) is 3.07. The summed E-state index contributed by atoms with van der Waals surface area (Å²) in [5.41, 5.74) is 2.75. The molecule has 0 fully saturated rings. The van der Waals surface area contributed by atoms with E-state index in [0.29, 0.717) is 27.4 Å². The van der Waals surface area contributed by atoms with Gasteiger partial charge in [0, 0.05) is 11.1 Å². The molecule has 3 aromatic carbocycles. The lowest BCUT2D eigenvalue weighted by Crippen LogP contribution is -2.33. The third-order valence-electron chi connectivity index (χ3n) is 4.30. The Morgan fingerprint density at radius 2 is 1.27 bits per heavy atom. The van der Waals surface area contributed by atoms with E-state index in [0.717, 1.165) is 5.56 Å². The molecule has 0 aromatic heterocycles. The van der Waals surface area contributed by atoms with Gasteiger partial charge in [0.15, 0.2) is 0 Å². The monoisotopic (exact) mass is 359 g/mol. The molecule has 0 saturated heterocycles. The zero-order valence-corrected chi connectivity index (χ0v) is 14.5. The molecule has 0 saturated carbocycles. The maximum Gasteiger partial charge on any atom is 0.267 e. The molecule has 3 nitrogen and oxygen atoms in total. The van der Waals surface area contributed by atoms with Gasteiger partial charge in [-0.1, -0.05) is 78.3 Å². The zero-order chi connectivity index (χ0) is 18.1. The summed E-state index contributed by atoms with van der Waals surface area (Å²) in [7, 11) is 0. The minimum absolute atomic E-state index is 0.339. The molecule has 126 valence electrons. The molecule has 4 heteroatoms. The predicted molar refractivity (Wildman–Crippen MR) is 104 cm³/mol. The first-order valence-electron chi connectivity index (χ1n) is 8.17. The molecular formula is C22H14ClNO2. The Labute approximate surface area is 156 Å². The standard InChI is InChI=1S/C22H14ClNO2/c23-20(15-9-3-1-4-10-15)19-17-13-7-8-14-18(17)24(22(19)26)21(25)16-11-5-2-6-12-16/h1-14H/b20-19+. The highest BCUT2D eigenvalue weighted by atomic mass is 35.5. The van der Waals surface area contributed by atoms with E-state index in [1.807, 2.05) is 48.5 Å². The number of anilines is 1. The summed E-state index contributed by atoms with van der Waals surface area (Å²) in [6.45, 7) is 0. The highest BCUT2D eigenvalue weighted by Crippen LogP contribution is 2.42. The van der Waals surface area contributed by atoms with Crippen molar-refractivity contribution in [2.75, 3.05) is 4.90 Å². The summed E-state index contributed by atoms with van der Waals surface area (Å²) < 4.78 is 0. The average molecular weight is 360 g/mol. The fraction of sp³-hybridized carbons (Fsp3) is 0. The first-order chi connectivity index (χ1) is 12.7. The zero-order valence-electron chi connectivity index (χ0n) is 13.7. The van der Waals surface area contributed by atoms with Crippen molar-refractivity contribution in [3.05, 3.63) is 102 Å². The number of amides is 2. The molecule has 2 amide bonds. The highest BCUT2D eigenvalue weighted by Gasteiger charge is 2.38. The molecule has 0 bridgehead atoms. The van der Waals surface area contributed by atoms with Crippen LogP contribution in [-0.2, 0) is 4.79 Å². The Morgan fingerprint density at radius 3 is 1.92 bits per heavy atom. The second-order valence-corrected chi connectivity index (χ2v) is 6.26. The number of halogens is 1. The van der Waals surface area contributed by atoms with Crippen molar-refractivity contribution in [1.29, 1.82) is 0 Å². The van der Waals surface area contributed by atoms with Gasteiger partial charge in [0.25, 0.3) is 11.8 Å².